The minimum atomic E-state index is 0.143. The molecule has 0 radical (unpaired) electrons. The van der Waals surface area contributed by atoms with Gasteiger partial charge in [-0.3, -0.25) is 4.90 Å². The number of rotatable bonds is 10. The molecular formula is C14H25N3O2. The van der Waals surface area contributed by atoms with Crippen molar-refractivity contribution in [1.29, 1.82) is 0 Å². The molecular weight excluding hydrogens is 242 g/mol. The summed E-state index contributed by atoms with van der Waals surface area (Å²) in [5, 5.41) is 21.1. The summed E-state index contributed by atoms with van der Waals surface area (Å²) in [6.45, 7) is 3.37. The lowest BCUT2D eigenvalue weighted by Crippen LogP contribution is -2.31. The standard InChI is InChI=1S/C14H25N3O2/c15-13-3-5-14(6-4-13)16-7-1-2-8-17(9-11-18)10-12-19/h3-6,16,18-19H,1-2,7-12,15H2. The Morgan fingerprint density at radius 2 is 1.58 bits per heavy atom. The summed E-state index contributed by atoms with van der Waals surface area (Å²) in [6.07, 6.45) is 2.10. The highest BCUT2D eigenvalue weighted by atomic mass is 16.3. The van der Waals surface area contributed by atoms with Gasteiger partial charge in [0.2, 0.25) is 0 Å². The Labute approximate surface area is 115 Å². The fourth-order valence-corrected chi connectivity index (χ4v) is 1.91. The second kappa shape index (κ2) is 9.61. The molecule has 0 bridgehead atoms. The van der Waals surface area contributed by atoms with Crippen molar-refractivity contribution in [3.63, 3.8) is 0 Å². The van der Waals surface area contributed by atoms with Crippen LogP contribution in [0.15, 0.2) is 24.3 Å². The fraction of sp³-hybridized carbons (Fsp3) is 0.571. The number of hydrogen-bond donors (Lipinski definition) is 4. The molecule has 0 atom stereocenters. The third-order valence-electron chi connectivity index (χ3n) is 2.97. The van der Waals surface area contributed by atoms with Gasteiger partial charge in [0.05, 0.1) is 13.2 Å². The number of hydrogen-bond acceptors (Lipinski definition) is 5. The van der Waals surface area contributed by atoms with Crippen LogP contribution in [0.25, 0.3) is 0 Å². The Bertz CT molecular complexity index is 324. The van der Waals surface area contributed by atoms with Gasteiger partial charge in [-0.05, 0) is 43.7 Å². The number of nitrogen functional groups attached to an aromatic ring is 1. The van der Waals surface area contributed by atoms with Gasteiger partial charge in [0, 0.05) is 31.0 Å². The van der Waals surface area contributed by atoms with Crippen molar-refractivity contribution in [3.05, 3.63) is 24.3 Å². The van der Waals surface area contributed by atoms with Crippen LogP contribution in [0.4, 0.5) is 11.4 Å². The predicted octanol–water partition coefficient (Wildman–Crippen LogP) is 0.747. The number of nitrogens with one attached hydrogen (secondary N) is 1. The van der Waals surface area contributed by atoms with E-state index in [1.165, 1.54) is 0 Å². The molecule has 108 valence electrons. The Morgan fingerprint density at radius 3 is 2.16 bits per heavy atom. The minimum Gasteiger partial charge on any atom is -0.399 e. The first-order valence-electron chi connectivity index (χ1n) is 6.79. The van der Waals surface area contributed by atoms with Gasteiger partial charge in [0.1, 0.15) is 0 Å². The van der Waals surface area contributed by atoms with Crippen molar-refractivity contribution in [1.82, 2.24) is 4.90 Å². The van der Waals surface area contributed by atoms with Crippen molar-refractivity contribution >= 4 is 11.4 Å². The minimum absolute atomic E-state index is 0.143. The van der Waals surface area contributed by atoms with Gasteiger partial charge < -0.3 is 21.3 Å². The molecule has 0 amide bonds. The highest BCUT2D eigenvalue weighted by Crippen LogP contribution is 2.10. The number of nitrogens with zero attached hydrogens (tertiary/aromatic N) is 1. The van der Waals surface area contributed by atoms with E-state index < -0.39 is 0 Å². The number of benzene rings is 1. The predicted molar refractivity (Wildman–Crippen MR) is 79.2 cm³/mol. The number of unbranched alkanes of at least 4 members (excludes halogenated alkanes) is 1. The number of aliphatic hydroxyl groups excluding tert-OH is 2. The molecule has 0 aliphatic carbocycles. The Kier molecular flexibility index (Phi) is 7.97. The summed E-state index contributed by atoms with van der Waals surface area (Å²) in [5.41, 5.74) is 7.47. The van der Waals surface area contributed by atoms with Crippen LogP contribution in [0, 0.1) is 0 Å². The molecule has 0 fully saturated rings. The van der Waals surface area contributed by atoms with E-state index in [4.69, 9.17) is 15.9 Å². The van der Waals surface area contributed by atoms with Crippen LogP contribution >= 0.6 is 0 Å². The number of aliphatic hydroxyl groups is 2. The molecule has 19 heavy (non-hydrogen) atoms. The molecule has 0 saturated heterocycles. The van der Waals surface area contributed by atoms with Crippen LogP contribution in [-0.2, 0) is 0 Å². The second-order valence-corrected chi connectivity index (χ2v) is 4.54. The average molecular weight is 267 g/mol. The van der Waals surface area contributed by atoms with Gasteiger partial charge >= 0.3 is 0 Å². The van der Waals surface area contributed by atoms with Crippen LogP contribution in [0.5, 0.6) is 0 Å². The van der Waals surface area contributed by atoms with Gasteiger partial charge in [0.15, 0.2) is 0 Å². The van der Waals surface area contributed by atoms with E-state index in [0.29, 0.717) is 13.1 Å². The van der Waals surface area contributed by atoms with Gasteiger partial charge in [-0.1, -0.05) is 0 Å². The van der Waals surface area contributed by atoms with Crippen LogP contribution < -0.4 is 11.1 Å². The van der Waals surface area contributed by atoms with Crippen LogP contribution in [-0.4, -0.2) is 54.5 Å². The first kappa shape index (κ1) is 15.8. The number of anilines is 2. The second-order valence-electron chi connectivity index (χ2n) is 4.54. The SMILES string of the molecule is Nc1ccc(NCCCCN(CCO)CCO)cc1. The maximum absolute atomic E-state index is 8.89. The summed E-state index contributed by atoms with van der Waals surface area (Å²) in [6, 6.07) is 7.71. The molecule has 0 aliphatic heterocycles. The molecule has 0 saturated carbocycles. The van der Waals surface area contributed by atoms with Crippen molar-refractivity contribution in [3.8, 4) is 0 Å². The van der Waals surface area contributed by atoms with Gasteiger partial charge in [0.25, 0.3) is 0 Å². The molecule has 0 aliphatic rings. The van der Waals surface area contributed by atoms with E-state index in [2.05, 4.69) is 10.2 Å². The van der Waals surface area contributed by atoms with Gasteiger partial charge in [-0.15, -0.1) is 0 Å². The van der Waals surface area contributed by atoms with Crippen molar-refractivity contribution in [2.45, 2.75) is 12.8 Å². The van der Waals surface area contributed by atoms with E-state index in [9.17, 15) is 0 Å². The lowest BCUT2D eigenvalue weighted by molar-refractivity contribution is 0.159. The highest BCUT2D eigenvalue weighted by Gasteiger charge is 2.02. The van der Waals surface area contributed by atoms with Gasteiger partial charge in [-0.25, -0.2) is 0 Å². The third-order valence-corrected chi connectivity index (χ3v) is 2.97. The van der Waals surface area contributed by atoms with Crippen LogP contribution in [0.2, 0.25) is 0 Å². The Morgan fingerprint density at radius 1 is 0.947 bits per heavy atom. The lowest BCUT2D eigenvalue weighted by atomic mass is 10.2. The Hall–Kier alpha value is -1.30. The first-order valence-corrected chi connectivity index (χ1v) is 6.79. The largest absolute Gasteiger partial charge is 0.399 e. The monoisotopic (exact) mass is 267 g/mol. The molecule has 1 rings (SSSR count). The Balaban J connectivity index is 2.11. The van der Waals surface area contributed by atoms with Crippen LogP contribution in [0.3, 0.4) is 0 Å². The van der Waals surface area contributed by atoms with Crippen LogP contribution in [0.1, 0.15) is 12.8 Å². The summed E-state index contributed by atoms with van der Waals surface area (Å²) in [4.78, 5) is 2.07. The summed E-state index contributed by atoms with van der Waals surface area (Å²) >= 11 is 0. The summed E-state index contributed by atoms with van der Waals surface area (Å²) < 4.78 is 0. The summed E-state index contributed by atoms with van der Waals surface area (Å²) in [5.74, 6) is 0. The van der Waals surface area contributed by atoms with E-state index in [-0.39, 0.29) is 13.2 Å². The smallest absolute Gasteiger partial charge is 0.0558 e. The zero-order valence-corrected chi connectivity index (χ0v) is 11.4. The lowest BCUT2D eigenvalue weighted by Gasteiger charge is -2.19. The fourth-order valence-electron chi connectivity index (χ4n) is 1.91. The molecule has 5 nitrogen and oxygen atoms in total. The summed E-state index contributed by atoms with van der Waals surface area (Å²) in [7, 11) is 0. The van der Waals surface area contributed by atoms with Gasteiger partial charge in [-0.2, -0.15) is 0 Å². The van der Waals surface area contributed by atoms with Crippen molar-refractivity contribution in [2.24, 2.45) is 0 Å². The topological polar surface area (TPSA) is 81.8 Å². The van der Waals surface area contributed by atoms with Crippen molar-refractivity contribution in [2.75, 3.05) is 50.4 Å². The number of nitrogens with two attached hydrogens (primary N) is 1. The molecule has 1 aromatic carbocycles. The normalized spacial score (nSPS) is 10.9. The van der Waals surface area contributed by atoms with E-state index in [0.717, 1.165) is 37.3 Å². The zero-order valence-electron chi connectivity index (χ0n) is 11.4. The molecule has 0 aromatic heterocycles. The third kappa shape index (κ3) is 7.00. The highest BCUT2D eigenvalue weighted by molar-refractivity contribution is 5.51. The quantitative estimate of drug-likeness (QED) is 0.371. The molecule has 0 unspecified atom stereocenters. The first-order chi connectivity index (χ1) is 9.26. The maximum atomic E-state index is 8.89. The molecule has 5 heteroatoms. The van der Waals surface area contributed by atoms with E-state index in [1.807, 2.05) is 24.3 Å². The zero-order chi connectivity index (χ0) is 13.9. The molecule has 0 heterocycles. The molecule has 0 spiro atoms. The van der Waals surface area contributed by atoms with E-state index >= 15 is 0 Å². The maximum Gasteiger partial charge on any atom is 0.0558 e. The van der Waals surface area contributed by atoms with Crippen molar-refractivity contribution < 1.29 is 10.2 Å². The molecule has 5 N–H and O–H groups in total. The van der Waals surface area contributed by atoms with E-state index in [1.54, 1.807) is 0 Å². The molecule has 1 aromatic rings. The average Bonchev–Trinajstić information content (AvgIpc) is 2.41.